The van der Waals surface area contributed by atoms with Crippen LogP contribution in [0.4, 0.5) is 4.79 Å². The number of hydrogen-bond donors (Lipinski definition) is 1. The van der Waals surface area contributed by atoms with Crippen LogP contribution in [0.2, 0.25) is 4.34 Å². The summed E-state index contributed by atoms with van der Waals surface area (Å²) >= 11 is 6.97. The first-order chi connectivity index (χ1) is 9.56. The summed E-state index contributed by atoms with van der Waals surface area (Å²) in [7, 11) is 0. The van der Waals surface area contributed by atoms with Crippen molar-refractivity contribution in [1.29, 1.82) is 0 Å². The van der Waals surface area contributed by atoms with Crippen molar-refractivity contribution < 1.29 is 10.9 Å². The molecule has 0 bridgehead atoms. The maximum atomic E-state index is 11.7. The van der Waals surface area contributed by atoms with Gasteiger partial charge >= 0.3 is 6.09 Å². The smallest absolute Gasteiger partial charge is 0.408 e. The van der Waals surface area contributed by atoms with E-state index in [0.717, 1.165) is 5.56 Å². The molecule has 0 fully saturated rings. The molecule has 19 heavy (non-hydrogen) atoms. The van der Waals surface area contributed by atoms with Crippen LogP contribution < -0.4 is 5.32 Å². The summed E-state index contributed by atoms with van der Waals surface area (Å²) in [6, 6.07) is 11.2. The first kappa shape index (κ1) is 12.5. The molecule has 3 nitrogen and oxygen atoms in total. The van der Waals surface area contributed by atoms with Crippen molar-refractivity contribution in [3.8, 4) is 0 Å². The van der Waals surface area contributed by atoms with Gasteiger partial charge in [0.25, 0.3) is 0 Å². The number of ether oxygens (including phenoxy) is 1. The summed E-state index contributed by atoms with van der Waals surface area (Å²) in [4.78, 5) is 11.7. The van der Waals surface area contributed by atoms with Crippen LogP contribution in [0.5, 0.6) is 0 Å². The third-order valence-electron chi connectivity index (χ3n) is 2.54. The quantitative estimate of drug-likeness (QED) is 0.909. The van der Waals surface area contributed by atoms with Gasteiger partial charge in [-0.3, -0.25) is 0 Å². The molecule has 0 unspecified atom stereocenters. The highest BCUT2D eigenvalue weighted by atomic mass is 35.5. The Morgan fingerprint density at radius 1 is 1.53 bits per heavy atom. The Morgan fingerprint density at radius 2 is 2.26 bits per heavy atom. The van der Waals surface area contributed by atoms with Crippen LogP contribution in [0.15, 0.2) is 41.8 Å². The van der Waals surface area contributed by atoms with E-state index in [1.54, 1.807) is 6.07 Å². The molecule has 1 aromatic heterocycles. The van der Waals surface area contributed by atoms with Gasteiger partial charge in [-0.25, -0.2) is 4.79 Å². The standard InChI is InChI=1S/C14H14ClNO2S/c1-10(12-5-3-2-4-6-12)18-14(17)16-8-11-7-13(15)19-9-11/h2-7,9-10H,8H2,1H3,(H,16,17)/t10-/m1/s1/i9D. The number of benzene rings is 1. The average molecular weight is 297 g/mol. The summed E-state index contributed by atoms with van der Waals surface area (Å²) in [6.45, 7) is 2.05. The molecule has 0 saturated carbocycles. The molecule has 2 aromatic rings. The number of nitrogens with one attached hydrogen (secondary N) is 1. The van der Waals surface area contributed by atoms with E-state index in [2.05, 4.69) is 5.32 Å². The van der Waals surface area contributed by atoms with Gasteiger partial charge in [0.1, 0.15) is 6.10 Å². The molecule has 2 rings (SSSR count). The number of hydrogen-bond acceptors (Lipinski definition) is 3. The molecule has 0 aliphatic heterocycles. The van der Waals surface area contributed by atoms with Gasteiger partial charge in [0.2, 0.25) is 0 Å². The summed E-state index contributed by atoms with van der Waals surface area (Å²) in [5.74, 6) is 0. The number of amides is 1. The van der Waals surface area contributed by atoms with E-state index >= 15 is 0 Å². The molecule has 1 N–H and O–H groups in total. The van der Waals surface area contributed by atoms with E-state index in [0.29, 0.717) is 15.3 Å². The first-order valence-corrected chi connectivity index (χ1v) is 7.00. The zero-order valence-electron chi connectivity index (χ0n) is 11.4. The van der Waals surface area contributed by atoms with Crippen molar-refractivity contribution in [2.24, 2.45) is 0 Å². The van der Waals surface area contributed by atoms with E-state index < -0.39 is 6.09 Å². The van der Waals surface area contributed by atoms with Gasteiger partial charge in [-0.15, -0.1) is 11.3 Å². The lowest BCUT2D eigenvalue weighted by molar-refractivity contribution is 0.106. The molecule has 0 saturated heterocycles. The Bertz CT molecular complexity index is 588. The molecule has 1 atom stereocenters. The lowest BCUT2D eigenvalue weighted by Gasteiger charge is -2.13. The third kappa shape index (κ3) is 4.26. The van der Waals surface area contributed by atoms with Crippen LogP contribution in [0, 0.1) is 0 Å². The summed E-state index contributed by atoms with van der Waals surface area (Å²) < 4.78 is 13.5. The highest BCUT2D eigenvalue weighted by molar-refractivity contribution is 7.14. The van der Waals surface area contributed by atoms with Crippen molar-refractivity contribution in [2.75, 3.05) is 0 Å². The second-order valence-electron chi connectivity index (χ2n) is 3.99. The Morgan fingerprint density at radius 3 is 2.89 bits per heavy atom. The van der Waals surface area contributed by atoms with Crippen LogP contribution >= 0.6 is 22.9 Å². The summed E-state index contributed by atoms with van der Waals surface area (Å²) in [6.07, 6.45) is -0.833. The third-order valence-corrected chi connectivity index (χ3v) is 3.56. The van der Waals surface area contributed by atoms with Crippen molar-refractivity contribution in [1.82, 2.24) is 5.32 Å². The molecular formula is C14H14ClNO2S. The number of halogens is 1. The van der Waals surface area contributed by atoms with Gasteiger partial charge in [0, 0.05) is 6.54 Å². The number of thiophene rings is 1. The molecule has 0 radical (unpaired) electrons. The van der Waals surface area contributed by atoms with Crippen molar-refractivity contribution in [2.45, 2.75) is 19.6 Å². The molecule has 0 aliphatic rings. The molecule has 5 heteroatoms. The maximum Gasteiger partial charge on any atom is 0.408 e. The molecule has 1 heterocycles. The SMILES string of the molecule is [2H]c1sc(Cl)cc1CNC(=O)O[C@H](C)c1ccccc1. The van der Waals surface area contributed by atoms with Crippen molar-refractivity contribution in [3.63, 3.8) is 0 Å². The number of alkyl carbamates (subject to hydrolysis) is 1. The fraction of sp³-hybridized carbons (Fsp3) is 0.214. The molecule has 1 aromatic carbocycles. The minimum Gasteiger partial charge on any atom is -0.442 e. The minimum absolute atomic E-state index is 0.238. The molecular weight excluding hydrogens is 282 g/mol. The monoisotopic (exact) mass is 296 g/mol. The normalized spacial score (nSPS) is 12.6. The molecule has 1 amide bonds. The van der Waals surface area contributed by atoms with E-state index in [9.17, 15) is 4.79 Å². The lowest BCUT2D eigenvalue weighted by Crippen LogP contribution is -2.24. The Balaban J connectivity index is 1.85. The Hall–Kier alpha value is -1.52. The number of carbonyl (C=O) groups is 1. The average Bonchev–Trinajstić information content (AvgIpc) is 2.75. The predicted octanol–water partition coefficient (Wildman–Crippen LogP) is 4.39. The van der Waals surface area contributed by atoms with E-state index in [1.807, 2.05) is 37.3 Å². The Labute approximate surface area is 122 Å². The van der Waals surface area contributed by atoms with E-state index in [-0.39, 0.29) is 12.6 Å². The van der Waals surface area contributed by atoms with Gasteiger partial charge in [-0.2, -0.15) is 0 Å². The highest BCUT2D eigenvalue weighted by Gasteiger charge is 2.10. The molecule has 0 spiro atoms. The Kier molecular flexibility index (Phi) is 4.34. The maximum absolute atomic E-state index is 11.7. The second kappa shape index (κ2) is 6.59. The van der Waals surface area contributed by atoms with Crippen molar-refractivity contribution in [3.05, 3.63) is 57.2 Å². The van der Waals surface area contributed by atoms with Gasteiger partial charge in [0.05, 0.1) is 5.71 Å². The predicted molar refractivity (Wildman–Crippen MR) is 77.5 cm³/mol. The van der Waals surface area contributed by atoms with Gasteiger partial charge < -0.3 is 10.1 Å². The van der Waals surface area contributed by atoms with Gasteiger partial charge in [-0.1, -0.05) is 41.9 Å². The number of carbonyl (C=O) groups excluding carboxylic acids is 1. The van der Waals surface area contributed by atoms with Crippen LogP contribution in [-0.4, -0.2) is 6.09 Å². The fourth-order valence-corrected chi connectivity index (χ4v) is 2.37. The van der Waals surface area contributed by atoms with Gasteiger partial charge in [-0.05, 0) is 29.5 Å². The lowest BCUT2D eigenvalue weighted by atomic mass is 10.1. The minimum atomic E-state index is -0.511. The summed E-state index contributed by atoms with van der Waals surface area (Å²) in [5.41, 5.74) is 1.62. The van der Waals surface area contributed by atoms with Gasteiger partial charge in [0.15, 0.2) is 0 Å². The van der Waals surface area contributed by atoms with Crippen LogP contribution in [0.1, 0.15) is 25.5 Å². The van der Waals surface area contributed by atoms with Crippen molar-refractivity contribution >= 4 is 29.0 Å². The molecule has 100 valence electrons. The van der Waals surface area contributed by atoms with E-state index in [4.69, 9.17) is 17.7 Å². The van der Waals surface area contributed by atoms with E-state index in [1.165, 1.54) is 11.3 Å². The highest BCUT2D eigenvalue weighted by Crippen LogP contribution is 2.20. The van der Waals surface area contributed by atoms with Crippen LogP contribution in [0.25, 0.3) is 0 Å². The zero-order valence-corrected chi connectivity index (χ0v) is 11.9. The fourth-order valence-electron chi connectivity index (χ4n) is 1.56. The van der Waals surface area contributed by atoms with Crippen LogP contribution in [-0.2, 0) is 11.3 Å². The summed E-state index contributed by atoms with van der Waals surface area (Å²) in [5, 5.41) is 2.97. The topological polar surface area (TPSA) is 38.3 Å². The van der Waals surface area contributed by atoms with Crippen LogP contribution in [0.3, 0.4) is 0 Å². The largest absolute Gasteiger partial charge is 0.442 e. The zero-order chi connectivity index (χ0) is 14.5. The first-order valence-electron chi connectivity index (χ1n) is 6.30. The second-order valence-corrected chi connectivity index (χ2v) is 5.47. The molecule has 0 aliphatic carbocycles. The number of rotatable bonds is 4.